The molecule has 0 bridgehead atoms. The highest BCUT2D eigenvalue weighted by Crippen LogP contribution is 2.22. The minimum absolute atomic E-state index is 0.0875. The third-order valence-electron chi connectivity index (χ3n) is 3.04. The number of carboxylic acid groups (broad SMARTS) is 1. The van der Waals surface area contributed by atoms with Gasteiger partial charge in [0.2, 0.25) is 0 Å². The molecule has 0 saturated carbocycles. The molecule has 2 N–H and O–H groups in total. The third-order valence-corrected chi connectivity index (χ3v) is 3.04. The van der Waals surface area contributed by atoms with Gasteiger partial charge in [0.05, 0.1) is 13.0 Å². The number of aliphatic hydroxyl groups is 1. The summed E-state index contributed by atoms with van der Waals surface area (Å²) in [4.78, 5) is 10.8. The lowest BCUT2D eigenvalue weighted by molar-refractivity contribution is -0.136. The molecule has 0 unspecified atom stereocenters. The largest absolute Gasteiger partial charge is 0.489 e. The first-order chi connectivity index (χ1) is 10.1. The van der Waals surface area contributed by atoms with Crippen LogP contribution in [0.2, 0.25) is 0 Å². The van der Waals surface area contributed by atoms with Crippen molar-refractivity contribution in [2.75, 3.05) is 0 Å². The van der Waals surface area contributed by atoms with Gasteiger partial charge in [0.1, 0.15) is 18.2 Å². The molecule has 0 aliphatic carbocycles. The van der Waals surface area contributed by atoms with Crippen LogP contribution in [0.3, 0.4) is 0 Å². The van der Waals surface area contributed by atoms with Gasteiger partial charge in [-0.1, -0.05) is 24.3 Å². The van der Waals surface area contributed by atoms with Crippen molar-refractivity contribution in [1.82, 2.24) is 0 Å². The van der Waals surface area contributed by atoms with Gasteiger partial charge in [-0.25, -0.2) is 4.39 Å². The molecule has 0 atom stereocenters. The molecule has 0 radical (unpaired) electrons. The van der Waals surface area contributed by atoms with Crippen LogP contribution in [-0.4, -0.2) is 16.2 Å². The fourth-order valence-electron chi connectivity index (χ4n) is 2.00. The molecule has 110 valence electrons. The topological polar surface area (TPSA) is 66.8 Å². The predicted molar refractivity (Wildman–Crippen MR) is 74.4 cm³/mol. The molecule has 0 spiro atoms. The van der Waals surface area contributed by atoms with Gasteiger partial charge in [-0.15, -0.1) is 0 Å². The molecule has 2 aromatic carbocycles. The van der Waals surface area contributed by atoms with Crippen molar-refractivity contribution >= 4 is 5.97 Å². The van der Waals surface area contributed by atoms with Gasteiger partial charge in [-0.05, 0) is 29.3 Å². The number of ether oxygens (including phenoxy) is 1. The van der Waals surface area contributed by atoms with Crippen LogP contribution in [0.15, 0.2) is 42.5 Å². The minimum Gasteiger partial charge on any atom is -0.489 e. The molecule has 2 rings (SSSR count). The molecule has 0 fully saturated rings. The summed E-state index contributed by atoms with van der Waals surface area (Å²) in [7, 11) is 0. The number of rotatable bonds is 6. The van der Waals surface area contributed by atoms with Crippen molar-refractivity contribution in [3.63, 3.8) is 0 Å². The van der Waals surface area contributed by atoms with Crippen LogP contribution in [0.5, 0.6) is 5.75 Å². The van der Waals surface area contributed by atoms with Gasteiger partial charge in [-0.3, -0.25) is 4.79 Å². The fraction of sp³-hybridized carbons (Fsp3) is 0.188. The zero-order valence-corrected chi connectivity index (χ0v) is 11.3. The number of aliphatic hydroxyl groups excluding tert-OH is 1. The second kappa shape index (κ2) is 6.85. The number of carboxylic acids is 1. The van der Waals surface area contributed by atoms with Crippen LogP contribution >= 0.6 is 0 Å². The minimum atomic E-state index is -0.916. The number of hydrogen-bond donors (Lipinski definition) is 2. The van der Waals surface area contributed by atoms with Crippen molar-refractivity contribution in [2.45, 2.75) is 19.6 Å². The molecule has 0 aromatic heterocycles. The van der Waals surface area contributed by atoms with Crippen LogP contribution in [0.4, 0.5) is 4.39 Å². The van der Waals surface area contributed by atoms with Crippen LogP contribution in [-0.2, 0) is 24.4 Å². The number of hydrogen-bond acceptors (Lipinski definition) is 3. The van der Waals surface area contributed by atoms with E-state index in [1.165, 1.54) is 18.2 Å². The molecular formula is C16H15FO4. The SMILES string of the molecule is O=C(O)Cc1ccccc1COc1ccc(F)cc1CO. The smallest absolute Gasteiger partial charge is 0.307 e. The monoisotopic (exact) mass is 290 g/mol. The molecular weight excluding hydrogens is 275 g/mol. The van der Waals surface area contributed by atoms with Gasteiger partial charge in [0.15, 0.2) is 0 Å². The lowest BCUT2D eigenvalue weighted by Gasteiger charge is -2.12. The van der Waals surface area contributed by atoms with Gasteiger partial charge < -0.3 is 14.9 Å². The number of halogens is 1. The lowest BCUT2D eigenvalue weighted by Crippen LogP contribution is -2.06. The number of carbonyl (C=O) groups is 1. The first-order valence-corrected chi connectivity index (χ1v) is 6.41. The highest BCUT2D eigenvalue weighted by Gasteiger charge is 2.09. The first-order valence-electron chi connectivity index (χ1n) is 6.41. The summed E-state index contributed by atoms with van der Waals surface area (Å²) in [6.45, 7) is -0.175. The van der Waals surface area contributed by atoms with E-state index in [4.69, 9.17) is 9.84 Å². The van der Waals surface area contributed by atoms with Gasteiger partial charge >= 0.3 is 5.97 Å². The highest BCUT2D eigenvalue weighted by atomic mass is 19.1. The van der Waals surface area contributed by atoms with Crippen molar-refractivity contribution in [1.29, 1.82) is 0 Å². The summed E-state index contributed by atoms with van der Waals surface area (Å²) in [6, 6.07) is 11.0. The second-order valence-electron chi connectivity index (χ2n) is 4.54. The molecule has 4 nitrogen and oxygen atoms in total. The Morgan fingerprint density at radius 1 is 1.10 bits per heavy atom. The Labute approximate surface area is 121 Å². The average molecular weight is 290 g/mol. The Morgan fingerprint density at radius 3 is 2.48 bits per heavy atom. The van der Waals surface area contributed by atoms with Gasteiger partial charge in [0.25, 0.3) is 0 Å². The van der Waals surface area contributed by atoms with Gasteiger partial charge in [-0.2, -0.15) is 0 Å². The van der Waals surface area contributed by atoms with E-state index in [1.54, 1.807) is 24.3 Å². The van der Waals surface area contributed by atoms with Crippen LogP contribution in [0.25, 0.3) is 0 Å². The van der Waals surface area contributed by atoms with E-state index in [0.717, 1.165) is 5.56 Å². The third kappa shape index (κ3) is 4.03. The number of aliphatic carboxylic acids is 1. The van der Waals surface area contributed by atoms with E-state index in [1.807, 2.05) is 0 Å². The predicted octanol–water partition coefficient (Wildman–Crippen LogP) is 2.52. The van der Waals surface area contributed by atoms with Crippen LogP contribution in [0.1, 0.15) is 16.7 Å². The summed E-state index contributed by atoms with van der Waals surface area (Å²) < 4.78 is 18.6. The van der Waals surface area contributed by atoms with Crippen molar-refractivity contribution in [2.24, 2.45) is 0 Å². The van der Waals surface area contributed by atoms with Crippen molar-refractivity contribution in [3.8, 4) is 5.75 Å². The Kier molecular flexibility index (Phi) is 4.90. The molecule has 2 aromatic rings. The highest BCUT2D eigenvalue weighted by molar-refractivity contribution is 5.70. The zero-order chi connectivity index (χ0) is 15.2. The lowest BCUT2D eigenvalue weighted by atomic mass is 10.1. The summed E-state index contributed by atoms with van der Waals surface area (Å²) in [5.41, 5.74) is 1.76. The van der Waals surface area contributed by atoms with Crippen LogP contribution in [0, 0.1) is 5.82 Å². The Morgan fingerprint density at radius 2 is 1.81 bits per heavy atom. The maximum absolute atomic E-state index is 13.1. The molecule has 0 saturated heterocycles. The molecule has 5 heteroatoms. The number of benzene rings is 2. The maximum atomic E-state index is 13.1. The summed E-state index contributed by atoms with van der Waals surface area (Å²) in [5, 5.41) is 18.1. The Hall–Kier alpha value is -2.40. The first kappa shape index (κ1) is 15.0. The maximum Gasteiger partial charge on any atom is 0.307 e. The van der Waals surface area contributed by atoms with E-state index in [9.17, 15) is 14.3 Å². The summed E-state index contributed by atoms with van der Waals surface area (Å²) in [6.07, 6.45) is -0.0875. The van der Waals surface area contributed by atoms with Crippen LogP contribution < -0.4 is 4.74 Å². The standard InChI is InChI=1S/C16H15FO4/c17-14-5-6-15(13(7-14)9-18)21-10-12-4-2-1-3-11(12)8-16(19)20/h1-7,18H,8-10H2,(H,19,20). The zero-order valence-electron chi connectivity index (χ0n) is 11.3. The van der Waals surface area contributed by atoms with E-state index >= 15 is 0 Å². The van der Waals surface area contributed by atoms with Gasteiger partial charge in [0, 0.05) is 5.56 Å². The second-order valence-corrected chi connectivity index (χ2v) is 4.54. The van der Waals surface area contributed by atoms with Crippen molar-refractivity contribution in [3.05, 3.63) is 65.0 Å². The average Bonchev–Trinajstić information content (AvgIpc) is 2.46. The molecule has 0 aliphatic heterocycles. The molecule has 0 heterocycles. The summed E-state index contributed by atoms with van der Waals surface area (Å²) in [5.74, 6) is -0.984. The summed E-state index contributed by atoms with van der Waals surface area (Å²) >= 11 is 0. The molecule has 0 amide bonds. The Balaban J connectivity index is 2.15. The van der Waals surface area contributed by atoms with E-state index in [2.05, 4.69) is 0 Å². The quantitative estimate of drug-likeness (QED) is 0.858. The molecule has 21 heavy (non-hydrogen) atoms. The van der Waals surface area contributed by atoms with E-state index in [0.29, 0.717) is 16.9 Å². The van der Waals surface area contributed by atoms with E-state index in [-0.39, 0.29) is 19.6 Å². The normalized spacial score (nSPS) is 10.4. The Bertz CT molecular complexity index is 640. The van der Waals surface area contributed by atoms with E-state index < -0.39 is 11.8 Å². The fourth-order valence-corrected chi connectivity index (χ4v) is 2.00. The van der Waals surface area contributed by atoms with Crippen molar-refractivity contribution < 1.29 is 24.1 Å². The molecule has 0 aliphatic rings.